The number of imidazole rings is 1. The third kappa shape index (κ3) is 3.41. The van der Waals surface area contributed by atoms with Crippen molar-refractivity contribution >= 4 is 17.0 Å². The number of oxime groups is 1. The lowest BCUT2D eigenvalue weighted by Crippen LogP contribution is -2.22. The van der Waals surface area contributed by atoms with Crippen molar-refractivity contribution in [1.82, 2.24) is 19.1 Å². The van der Waals surface area contributed by atoms with Crippen molar-refractivity contribution in [2.75, 3.05) is 13.7 Å². The van der Waals surface area contributed by atoms with Gasteiger partial charge in [0.2, 0.25) is 0 Å². The molecule has 0 aliphatic carbocycles. The average molecular weight is 434 g/mol. The minimum atomic E-state index is -0.380. The van der Waals surface area contributed by atoms with E-state index in [-0.39, 0.29) is 17.2 Å². The first-order valence-electron chi connectivity index (χ1n) is 9.84. The van der Waals surface area contributed by atoms with Crippen molar-refractivity contribution in [2.45, 2.75) is 6.92 Å². The molecule has 2 aromatic carbocycles. The topological polar surface area (TPSA) is 130 Å². The number of amidine groups is 1. The minimum Gasteiger partial charge on any atom is -0.495 e. The zero-order chi connectivity index (χ0) is 22.8. The van der Waals surface area contributed by atoms with E-state index in [4.69, 9.17) is 15.2 Å². The Bertz CT molecular complexity index is 1370. The van der Waals surface area contributed by atoms with E-state index in [1.807, 2.05) is 6.92 Å². The van der Waals surface area contributed by atoms with Crippen molar-refractivity contribution in [3.05, 3.63) is 64.7 Å². The number of para-hydroxylation sites is 2. The van der Waals surface area contributed by atoms with Crippen molar-refractivity contribution in [3.8, 4) is 28.6 Å². The van der Waals surface area contributed by atoms with Crippen molar-refractivity contribution in [1.29, 1.82) is 0 Å². The third-order valence-electron chi connectivity index (χ3n) is 4.99. The van der Waals surface area contributed by atoms with Crippen LogP contribution in [-0.4, -0.2) is 43.9 Å². The van der Waals surface area contributed by atoms with Crippen molar-refractivity contribution < 1.29 is 14.7 Å². The molecule has 0 amide bonds. The minimum absolute atomic E-state index is 0.134. The Labute approximate surface area is 183 Å². The van der Waals surface area contributed by atoms with E-state index in [2.05, 4.69) is 15.1 Å². The fourth-order valence-corrected chi connectivity index (χ4v) is 3.50. The lowest BCUT2D eigenvalue weighted by molar-refractivity contribution is 0.318. The van der Waals surface area contributed by atoms with Crippen LogP contribution in [0.4, 0.5) is 0 Å². The molecule has 32 heavy (non-hydrogen) atoms. The monoisotopic (exact) mass is 434 g/mol. The summed E-state index contributed by atoms with van der Waals surface area (Å²) in [4.78, 5) is 22.4. The second-order valence-corrected chi connectivity index (χ2v) is 6.86. The number of aryl methyl sites for hydroxylation is 1. The van der Waals surface area contributed by atoms with E-state index in [0.29, 0.717) is 46.3 Å². The van der Waals surface area contributed by atoms with E-state index < -0.39 is 0 Å². The number of methoxy groups -OCH3 is 1. The summed E-state index contributed by atoms with van der Waals surface area (Å²) in [6, 6.07) is 14.3. The molecule has 0 unspecified atom stereocenters. The summed E-state index contributed by atoms with van der Waals surface area (Å²) >= 11 is 0. The van der Waals surface area contributed by atoms with Crippen LogP contribution in [0, 0.1) is 0 Å². The molecule has 0 bridgehead atoms. The quantitative estimate of drug-likeness (QED) is 0.206. The molecule has 2 heterocycles. The first-order valence-corrected chi connectivity index (χ1v) is 9.84. The summed E-state index contributed by atoms with van der Waals surface area (Å²) in [6.07, 6.45) is 0. The molecule has 0 saturated carbocycles. The molecular formula is C22H22N6O4. The Morgan fingerprint density at radius 2 is 1.88 bits per heavy atom. The average Bonchev–Trinajstić information content (AvgIpc) is 3.08. The van der Waals surface area contributed by atoms with Gasteiger partial charge in [0.05, 0.1) is 19.4 Å². The van der Waals surface area contributed by atoms with Gasteiger partial charge in [-0.1, -0.05) is 17.3 Å². The van der Waals surface area contributed by atoms with Crippen LogP contribution in [0.25, 0.3) is 28.2 Å². The molecule has 2 aromatic heterocycles. The first kappa shape index (κ1) is 20.9. The predicted octanol–water partition coefficient (Wildman–Crippen LogP) is 2.29. The van der Waals surface area contributed by atoms with Crippen LogP contribution < -0.4 is 20.9 Å². The number of nitrogens with zero attached hydrogens (tertiary/aromatic N) is 5. The summed E-state index contributed by atoms with van der Waals surface area (Å²) < 4.78 is 13.7. The Balaban J connectivity index is 2.06. The first-order chi connectivity index (χ1) is 15.5. The number of hydrogen-bond donors (Lipinski definition) is 2. The number of ether oxygens (including phenoxy) is 2. The second kappa shape index (κ2) is 8.42. The fraction of sp³-hybridized carbons (Fsp3) is 0.182. The lowest BCUT2D eigenvalue weighted by Gasteiger charge is -2.10. The molecule has 0 fully saturated rings. The molecule has 164 valence electrons. The van der Waals surface area contributed by atoms with Gasteiger partial charge in [0, 0.05) is 12.6 Å². The highest BCUT2D eigenvalue weighted by Gasteiger charge is 2.23. The van der Waals surface area contributed by atoms with Gasteiger partial charge in [-0.05, 0) is 43.3 Å². The van der Waals surface area contributed by atoms with Crippen LogP contribution >= 0.6 is 0 Å². The van der Waals surface area contributed by atoms with Crippen LogP contribution in [0.15, 0.2) is 58.5 Å². The van der Waals surface area contributed by atoms with Gasteiger partial charge in [0.1, 0.15) is 22.7 Å². The SMILES string of the molecule is CCOc1ccc(-c2nc(C(N)=NO)c3c(n2)n(-c2ccccc2OC)c(=O)n3C)cc1. The zero-order valence-electron chi connectivity index (χ0n) is 17.8. The summed E-state index contributed by atoms with van der Waals surface area (Å²) in [5.74, 6) is 1.27. The third-order valence-corrected chi connectivity index (χ3v) is 4.99. The maximum absolute atomic E-state index is 13.2. The van der Waals surface area contributed by atoms with Crippen LogP contribution in [0.1, 0.15) is 12.6 Å². The molecule has 4 rings (SSSR count). The van der Waals surface area contributed by atoms with E-state index in [1.54, 1.807) is 55.6 Å². The molecule has 10 nitrogen and oxygen atoms in total. The summed E-state index contributed by atoms with van der Waals surface area (Å²) in [6.45, 7) is 2.45. The zero-order valence-corrected chi connectivity index (χ0v) is 17.8. The molecule has 0 saturated heterocycles. The number of fused-ring (bicyclic) bond motifs is 1. The van der Waals surface area contributed by atoms with Gasteiger partial charge in [0.25, 0.3) is 0 Å². The van der Waals surface area contributed by atoms with E-state index in [0.717, 1.165) is 0 Å². The lowest BCUT2D eigenvalue weighted by atomic mass is 10.2. The van der Waals surface area contributed by atoms with Crippen molar-refractivity contribution in [2.24, 2.45) is 17.9 Å². The van der Waals surface area contributed by atoms with Crippen LogP contribution in [0.2, 0.25) is 0 Å². The number of rotatable bonds is 6. The summed E-state index contributed by atoms with van der Waals surface area (Å²) in [7, 11) is 3.10. The van der Waals surface area contributed by atoms with E-state index in [1.165, 1.54) is 16.2 Å². The highest BCUT2D eigenvalue weighted by Crippen LogP contribution is 2.28. The Kier molecular flexibility index (Phi) is 5.50. The Morgan fingerprint density at radius 1 is 1.16 bits per heavy atom. The molecule has 0 aliphatic rings. The molecular weight excluding hydrogens is 412 g/mol. The Morgan fingerprint density at radius 3 is 2.53 bits per heavy atom. The molecule has 0 spiro atoms. The second-order valence-electron chi connectivity index (χ2n) is 6.86. The van der Waals surface area contributed by atoms with E-state index >= 15 is 0 Å². The van der Waals surface area contributed by atoms with Gasteiger partial charge in [-0.15, -0.1) is 0 Å². The maximum atomic E-state index is 13.2. The van der Waals surface area contributed by atoms with Crippen LogP contribution in [0.5, 0.6) is 11.5 Å². The molecule has 0 radical (unpaired) electrons. The summed E-state index contributed by atoms with van der Waals surface area (Å²) in [5.41, 5.74) is 7.49. The smallest absolute Gasteiger partial charge is 0.334 e. The van der Waals surface area contributed by atoms with Crippen LogP contribution in [0.3, 0.4) is 0 Å². The normalized spacial score (nSPS) is 11.7. The largest absolute Gasteiger partial charge is 0.495 e. The van der Waals surface area contributed by atoms with Crippen molar-refractivity contribution in [3.63, 3.8) is 0 Å². The van der Waals surface area contributed by atoms with Gasteiger partial charge >= 0.3 is 5.69 Å². The predicted molar refractivity (Wildman–Crippen MR) is 120 cm³/mol. The fourth-order valence-electron chi connectivity index (χ4n) is 3.50. The van der Waals surface area contributed by atoms with Gasteiger partial charge in [-0.2, -0.15) is 0 Å². The van der Waals surface area contributed by atoms with E-state index in [9.17, 15) is 10.0 Å². The molecule has 3 N–H and O–H groups in total. The number of hydrogen-bond acceptors (Lipinski definition) is 7. The maximum Gasteiger partial charge on any atom is 0.334 e. The van der Waals surface area contributed by atoms with Gasteiger partial charge < -0.3 is 20.4 Å². The van der Waals surface area contributed by atoms with Gasteiger partial charge in [-0.25, -0.2) is 19.3 Å². The highest BCUT2D eigenvalue weighted by molar-refractivity contribution is 6.05. The highest BCUT2D eigenvalue weighted by atomic mass is 16.5. The summed E-state index contributed by atoms with van der Waals surface area (Å²) in [5, 5.41) is 12.4. The van der Waals surface area contributed by atoms with Gasteiger partial charge in [0.15, 0.2) is 17.3 Å². The molecule has 10 heteroatoms. The van der Waals surface area contributed by atoms with Gasteiger partial charge in [-0.3, -0.25) is 4.57 Å². The van der Waals surface area contributed by atoms with Crippen LogP contribution in [-0.2, 0) is 7.05 Å². The number of nitrogens with two attached hydrogens (primary N) is 1. The molecule has 0 aliphatic heterocycles. The number of aromatic nitrogens is 4. The Hall–Kier alpha value is -4.34. The number of benzene rings is 2. The molecule has 0 atom stereocenters. The molecule has 4 aromatic rings. The standard InChI is InChI=1S/C22H22N6O4/c1-4-32-14-11-9-13(10-12-14)20-24-17(19(23)26-30)18-21(25-20)28(22(29)27(18)2)15-7-5-6-8-16(15)31-3/h5-12,30H,4H2,1-3H3,(H2,23,26).